The number of carbonyl (C=O) groups excluding carboxylic acids is 1. The second kappa shape index (κ2) is 15.4. The molecule has 21 nitrogen and oxygen atoms in total. The summed E-state index contributed by atoms with van der Waals surface area (Å²) in [5.41, 5.74) is 2.37. The normalized spacial score (nSPS) is 19.8. The van der Waals surface area contributed by atoms with Gasteiger partial charge in [0.15, 0.2) is 22.3 Å². The van der Waals surface area contributed by atoms with E-state index in [9.17, 15) is 24.6 Å². The zero-order valence-corrected chi connectivity index (χ0v) is 32.8. The van der Waals surface area contributed by atoms with Gasteiger partial charge < -0.3 is 40.2 Å². The fraction of sp³-hybridized carbons (Fsp3) is 0.462. The van der Waals surface area contributed by atoms with Crippen molar-refractivity contribution in [3.05, 3.63) is 78.3 Å². The first kappa shape index (κ1) is 37.5. The third kappa shape index (κ3) is 8.11. The van der Waals surface area contributed by atoms with Crippen molar-refractivity contribution in [3.63, 3.8) is 0 Å². The van der Waals surface area contributed by atoms with Crippen molar-refractivity contribution >= 4 is 41.0 Å². The Morgan fingerprint density at radius 1 is 0.683 bits per heavy atom. The highest BCUT2D eigenvalue weighted by Crippen LogP contribution is 2.33. The van der Waals surface area contributed by atoms with Crippen molar-refractivity contribution in [1.82, 2.24) is 59.3 Å². The third-order valence-electron chi connectivity index (χ3n) is 11.3. The molecule has 3 aliphatic carbocycles. The van der Waals surface area contributed by atoms with Crippen LogP contribution in [-0.4, -0.2) is 135 Å². The maximum atomic E-state index is 12.5. The van der Waals surface area contributed by atoms with E-state index in [1.54, 1.807) is 33.6 Å². The van der Waals surface area contributed by atoms with Gasteiger partial charge in [-0.2, -0.15) is 19.2 Å². The van der Waals surface area contributed by atoms with Crippen LogP contribution in [-0.2, 0) is 4.79 Å². The Morgan fingerprint density at radius 2 is 1.17 bits per heavy atom. The number of hydrogen-bond acceptors (Lipinski definition) is 14. The van der Waals surface area contributed by atoms with E-state index >= 15 is 0 Å². The van der Waals surface area contributed by atoms with Gasteiger partial charge in [-0.3, -0.25) is 24.7 Å². The van der Waals surface area contributed by atoms with Crippen LogP contribution in [0.5, 0.6) is 11.8 Å². The van der Waals surface area contributed by atoms with Crippen molar-refractivity contribution in [3.8, 4) is 11.8 Å². The molecule has 11 rings (SSSR count). The van der Waals surface area contributed by atoms with Gasteiger partial charge in [-0.25, -0.2) is 19.6 Å². The van der Waals surface area contributed by atoms with Crippen LogP contribution < -0.4 is 47.9 Å². The molecule has 0 atom stereocenters. The lowest BCUT2D eigenvalue weighted by atomic mass is 10.2. The summed E-state index contributed by atoms with van der Waals surface area (Å²) in [6.07, 6.45) is 14.0. The van der Waals surface area contributed by atoms with E-state index in [-0.39, 0.29) is 23.4 Å². The van der Waals surface area contributed by atoms with Crippen LogP contribution in [0.15, 0.2) is 44.1 Å². The molecule has 0 radical (unpaired) electrons. The standard InChI is InChI=1S/C22H26N8O3.C17H20N8O2/c31-19(9-13-1-2-13)29-7-5-28(6-8-29)17-11-18(24-15-3-4-15)30-20(26-17)14(12-23-30)10-16-21(32)27-22(33)25-16;26-16-12(21-17(27)23-16)7-10-9-19-25-14(20-11-1-2-11)8-13(22-15(10)25)24-5-3-18-4-6-24/h10-13,15,32H,1-9H2,(H2,25,27,33);7-9,11,18,26H,1-6H2,(H2,21,23,27). The summed E-state index contributed by atoms with van der Waals surface area (Å²) in [5.74, 6) is 2.07. The lowest BCUT2D eigenvalue weighted by molar-refractivity contribution is -0.131. The molecule has 2 saturated heterocycles. The maximum absolute atomic E-state index is 12.5. The van der Waals surface area contributed by atoms with Crippen molar-refractivity contribution in [2.75, 3.05) is 62.2 Å². The largest absolute Gasteiger partial charge is 0.493 e. The van der Waals surface area contributed by atoms with E-state index in [1.807, 2.05) is 17.0 Å². The molecule has 5 aliphatic rings. The Morgan fingerprint density at radius 3 is 1.60 bits per heavy atom. The lowest BCUT2D eigenvalue weighted by Crippen LogP contribution is -2.49. The third-order valence-corrected chi connectivity index (χ3v) is 11.3. The molecule has 6 aromatic heterocycles. The SMILES string of the molecule is O=C(CC1CC1)N1CCN(c2cc(=NC3CC3)n3ncc(=Cc4[nH]c(=O)[nH]c4O)c3n2)CC1.O=c1[nH]c(O)c(C=c2cnn3c(=NC4CC4)cc(N4CCNCC4)nc23)[nH]1. The van der Waals surface area contributed by atoms with E-state index in [1.165, 1.54) is 12.8 Å². The first-order valence-corrected chi connectivity index (χ1v) is 20.6. The summed E-state index contributed by atoms with van der Waals surface area (Å²) in [6, 6.07) is 4.61. The number of H-pyrrole nitrogens is 4. The fourth-order valence-electron chi connectivity index (χ4n) is 7.47. The Labute approximate surface area is 339 Å². The number of nitrogens with zero attached hydrogens (tertiary/aromatic N) is 11. The van der Waals surface area contributed by atoms with E-state index < -0.39 is 11.4 Å². The van der Waals surface area contributed by atoms with Crippen LogP contribution in [0.1, 0.15) is 56.3 Å². The molecule has 5 fully saturated rings. The second-order valence-electron chi connectivity index (χ2n) is 16.1. The lowest BCUT2D eigenvalue weighted by Gasteiger charge is -2.35. The molecule has 0 unspecified atom stereocenters. The van der Waals surface area contributed by atoms with Gasteiger partial charge in [0.05, 0.1) is 24.5 Å². The maximum Gasteiger partial charge on any atom is 0.326 e. The van der Waals surface area contributed by atoms with Gasteiger partial charge in [-0.15, -0.1) is 0 Å². The average Bonchev–Trinajstić information content (AvgIpc) is 4.21. The molecule has 0 spiro atoms. The predicted molar refractivity (Wildman–Crippen MR) is 218 cm³/mol. The van der Waals surface area contributed by atoms with E-state index in [0.29, 0.717) is 78.0 Å². The minimum Gasteiger partial charge on any atom is -0.493 e. The van der Waals surface area contributed by atoms with Crippen molar-refractivity contribution in [2.24, 2.45) is 15.9 Å². The van der Waals surface area contributed by atoms with Crippen LogP contribution in [0, 0.1) is 5.92 Å². The van der Waals surface area contributed by atoms with Crippen molar-refractivity contribution in [2.45, 2.75) is 57.0 Å². The summed E-state index contributed by atoms with van der Waals surface area (Å²) in [6.45, 7) is 6.38. The van der Waals surface area contributed by atoms with Gasteiger partial charge in [0.25, 0.3) is 0 Å². The molecule has 7 N–H and O–H groups in total. The number of hydrogen-bond donors (Lipinski definition) is 7. The molecular weight excluding hydrogens is 773 g/mol. The average molecular weight is 819 g/mol. The highest BCUT2D eigenvalue weighted by atomic mass is 16.3. The molecule has 21 heteroatoms. The molecule has 6 aromatic rings. The number of amides is 1. The number of aromatic nitrogens is 10. The molecule has 1 amide bonds. The van der Waals surface area contributed by atoms with Gasteiger partial charge in [-0.05, 0) is 56.6 Å². The summed E-state index contributed by atoms with van der Waals surface area (Å²) < 4.78 is 3.42. The zero-order chi connectivity index (χ0) is 40.9. The fourth-order valence-corrected chi connectivity index (χ4v) is 7.47. The Balaban J connectivity index is 0.000000147. The summed E-state index contributed by atoms with van der Waals surface area (Å²) >= 11 is 0. The molecule has 2 aliphatic heterocycles. The molecule has 0 aromatic carbocycles. The summed E-state index contributed by atoms with van der Waals surface area (Å²) in [7, 11) is 0. The van der Waals surface area contributed by atoms with E-state index in [2.05, 4.69) is 45.2 Å². The monoisotopic (exact) mass is 818 g/mol. The van der Waals surface area contributed by atoms with Crippen molar-refractivity contribution < 1.29 is 15.0 Å². The van der Waals surface area contributed by atoms with Gasteiger partial charge >= 0.3 is 11.4 Å². The number of carbonyl (C=O) groups is 1. The molecule has 312 valence electrons. The van der Waals surface area contributed by atoms with Crippen LogP contribution in [0.2, 0.25) is 0 Å². The van der Waals surface area contributed by atoms with Crippen LogP contribution in [0.4, 0.5) is 11.6 Å². The van der Waals surface area contributed by atoms with E-state index in [4.69, 9.17) is 20.0 Å². The predicted octanol–water partition coefficient (Wildman–Crippen LogP) is -2.02. The quantitative estimate of drug-likeness (QED) is 0.0879. The molecule has 0 bridgehead atoms. The first-order valence-electron chi connectivity index (χ1n) is 20.6. The molecule has 8 heterocycles. The number of anilines is 2. The number of aromatic amines is 4. The number of imidazole rings is 2. The molecular formula is C39H46N16O5. The molecule has 3 saturated carbocycles. The Hall–Kier alpha value is -6.77. The van der Waals surface area contributed by atoms with Crippen molar-refractivity contribution in [1.29, 1.82) is 0 Å². The number of fused-ring (bicyclic) bond motifs is 2. The second-order valence-corrected chi connectivity index (χ2v) is 16.1. The van der Waals surface area contributed by atoms with Crippen LogP contribution in [0.3, 0.4) is 0 Å². The summed E-state index contributed by atoms with van der Waals surface area (Å²) in [4.78, 5) is 70.8. The van der Waals surface area contributed by atoms with Crippen LogP contribution in [0.25, 0.3) is 23.4 Å². The van der Waals surface area contributed by atoms with Gasteiger partial charge in [0, 0.05) is 81.3 Å². The number of piperazine rings is 2. The Bertz CT molecular complexity index is 2950. The minimum atomic E-state index is -0.484. The minimum absolute atomic E-state index is 0.208. The number of nitrogens with one attached hydrogen (secondary N) is 5. The smallest absolute Gasteiger partial charge is 0.326 e. The number of rotatable bonds is 8. The van der Waals surface area contributed by atoms with Gasteiger partial charge in [0.1, 0.15) is 23.0 Å². The first-order chi connectivity index (χ1) is 29.2. The van der Waals surface area contributed by atoms with Crippen LogP contribution >= 0.6 is 0 Å². The zero-order valence-electron chi connectivity index (χ0n) is 32.8. The number of aromatic hydroxyl groups is 2. The highest BCUT2D eigenvalue weighted by molar-refractivity contribution is 5.77. The Kier molecular flexibility index (Phi) is 9.65. The highest BCUT2D eigenvalue weighted by Gasteiger charge is 2.29. The van der Waals surface area contributed by atoms with Gasteiger partial charge in [0.2, 0.25) is 17.7 Å². The topological polar surface area (TPSA) is 262 Å². The van der Waals surface area contributed by atoms with Gasteiger partial charge in [-0.1, -0.05) is 0 Å². The van der Waals surface area contributed by atoms with E-state index in [0.717, 1.165) is 74.5 Å². The summed E-state index contributed by atoms with van der Waals surface area (Å²) in [5, 5.41) is 33.4. The molecule has 60 heavy (non-hydrogen) atoms.